The maximum atomic E-state index is 12.8. The number of nitrogens with zero attached hydrogens (tertiary/aromatic N) is 4. The zero-order chi connectivity index (χ0) is 24.6. The smallest absolute Gasteiger partial charge is 0.449 e. The van der Waals surface area contributed by atoms with E-state index in [1.807, 2.05) is 4.90 Å². The minimum absolute atomic E-state index is 0.0178. The molecule has 34 heavy (non-hydrogen) atoms. The molecule has 182 valence electrons. The number of H-pyrrole nitrogens is 1. The molecule has 3 aromatic rings. The Bertz CT molecular complexity index is 1230. The average Bonchev–Trinajstić information content (AvgIpc) is 3.48. The van der Waals surface area contributed by atoms with Gasteiger partial charge < -0.3 is 34.2 Å². The van der Waals surface area contributed by atoms with Crippen LogP contribution >= 0.6 is 34.5 Å². The van der Waals surface area contributed by atoms with Crippen LogP contribution < -0.4 is 15.0 Å². The van der Waals surface area contributed by atoms with Gasteiger partial charge in [0.25, 0.3) is 11.8 Å². The van der Waals surface area contributed by atoms with Gasteiger partial charge in [0.15, 0.2) is 10.8 Å². The number of aryl methyl sites for hydroxylation is 2. The number of amides is 1. The lowest BCUT2D eigenvalue weighted by molar-refractivity contribution is 0.0540. The molecule has 15 heteroatoms. The molecule has 0 saturated carbocycles. The molecule has 1 aliphatic heterocycles. The van der Waals surface area contributed by atoms with Crippen LogP contribution in [0.4, 0.5) is 9.93 Å². The number of piperidine rings is 1. The zero-order valence-electron chi connectivity index (χ0n) is 18.2. The molecule has 12 nitrogen and oxygen atoms in total. The molecule has 0 spiro atoms. The second-order valence-corrected chi connectivity index (χ2v) is 9.16. The monoisotopic (exact) mass is 530 g/mol. The van der Waals surface area contributed by atoms with Crippen molar-refractivity contribution in [1.82, 2.24) is 25.5 Å². The summed E-state index contributed by atoms with van der Waals surface area (Å²) in [7, 11) is 1.55. The Morgan fingerprint density at radius 2 is 2.06 bits per heavy atom. The number of carboxylic acid groups (broad SMARTS) is 1. The molecular formula is C19H20Cl2N6O6S. The van der Waals surface area contributed by atoms with E-state index < -0.39 is 6.16 Å². The third-order valence-corrected chi connectivity index (χ3v) is 7.16. The molecule has 4 rings (SSSR count). The van der Waals surface area contributed by atoms with E-state index in [1.54, 1.807) is 21.0 Å². The second kappa shape index (κ2) is 9.78. The van der Waals surface area contributed by atoms with Gasteiger partial charge in [-0.15, -0.1) is 10.2 Å². The summed E-state index contributed by atoms with van der Waals surface area (Å²) in [6, 6.07) is -0.306. The zero-order valence-corrected chi connectivity index (χ0v) is 20.5. The normalized spacial score (nSPS) is 18.2. The van der Waals surface area contributed by atoms with Crippen molar-refractivity contribution in [1.29, 1.82) is 0 Å². The number of hydrogen-bond acceptors (Lipinski definition) is 10. The fraction of sp³-hybridized carbons (Fsp3) is 0.421. The molecule has 0 radical (unpaired) electrons. The maximum absolute atomic E-state index is 12.8. The van der Waals surface area contributed by atoms with Gasteiger partial charge in [-0.3, -0.25) is 4.79 Å². The van der Waals surface area contributed by atoms with E-state index in [9.17, 15) is 9.59 Å². The van der Waals surface area contributed by atoms with Crippen LogP contribution in [0, 0.1) is 13.8 Å². The third kappa shape index (κ3) is 4.82. The predicted molar refractivity (Wildman–Crippen MR) is 123 cm³/mol. The number of halogens is 2. The van der Waals surface area contributed by atoms with Crippen molar-refractivity contribution in [3.8, 4) is 16.6 Å². The van der Waals surface area contributed by atoms with Crippen molar-refractivity contribution in [2.45, 2.75) is 32.4 Å². The van der Waals surface area contributed by atoms with Crippen LogP contribution in [-0.2, 0) is 4.74 Å². The van der Waals surface area contributed by atoms with E-state index in [2.05, 4.69) is 25.5 Å². The van der Waals surface area contributed by atoms with Gasteiger partial charge in [-0.1, -0.05) is 34.5 Å². The number of anilines is 1. The number of methoxy groups -OCH3 is 1. The first-order valence-corrected chi connectivity index (χ1v) is 11.6. The van der Waals surface area contributed by atoms with E-state index in [0.29, 0.717) is 41.2 Å². The molecule has 1 aliphatic rings. The number of hydrogen-bond donors (Lipinski definition) is 3. The fourth-order valence-corrected chi connectivity index (χ4v) is 4.93. The Morgan fingerprint density at radius 1 is 1.29 bits per heavy atom. The molecule has 1 fully saturated rings. The lowest BCUT2D eigenvalue weighted by Gasteiger charge is -2.37. The topological polar surface area (TPSA) is 156 Å². The molecule has 0 aliphatic carbocycles. The van der Waals surface area contributed by atoms with Crippen molar-refractivity contribution in [2.75, 3.05) is 25.1 Å². The van der Waals surface area contributed by atoms with E-state index in [-0.39, 0.29) is 45.4 Å². The highest BCUT2D eigenvalue weighted by atomic mass is 35.5. The molecule has 0 unspecified atom stereocenters. The van der Waals surface area contributed by atoms with Crippen LogP contribution in [-0.4, -0.2) is 69.7 Å². The van der Waals surface area contributed by atoms with Crippen molar-refractivity contribution in [3.05, 3.63) is 27.3 Å². The Kier molecular flexibility index (Phi) is 6.98. The van der Waals surface area contributed by atoms with Gasteiger partial charge in [0.2, 0.25) is 11.0 Å². The number of aromatic amines is 1. The summed E-state index contributed by atoms with van der Waals surface area (Å²) in [5, 5.41) is 20.7. The number of thiazole rings is 1. The first kappa shape index (κ1) is 24.3. The summed E-state index contributed by atoms with van der Waals surface area (Å²) in [5.41, 5.74) is 0.933. The van der Waals surface area contributed by atoms with Gasteiger partial charge in [-0.25, -0.2) is 9.78 Å². The molecule has 4 heterocycles. The standard InChI is InChI=1S/C19H20Cl2N6O6S/c1-7-11(20)12(21)13(22-7)15(28)23-9-4-5-27(6-10(9)31-3)18-24-14(16-26-25-8(2)32-16)17(34-18)33-19(29)30/h9-10,22H,4-6H2,1-3H3,(H,23,28)(H,29,30)/t9-,10+/m1/s1. The Labute approximate surface area is 207 Å². The van der Waals surface area contributed by atoms with Crippen molar-refractivity contribution < 1.29 is 28.6 Å². The average molecular weight is 531 g/mol. The number of carbonyl (C=O) groups excluding carboxylic acids is 1. The van der Waals surface area contributed by atoms with Crippen molar-refractivity contribution in [3.63, 3.8) is 0 Å². The van der Waals surface area contributed by atoms with Crippen LogP contribution in [0.15, 0.2) is 4.42 Å². The van der Waals surface area contributed by atoms with Gasteiger partial charge in [-0.2, -0.15) is 0 Å². The summed E-state index contributed by atoms with van der Waals surface area (Å²) in [4.78, 5) is 33.2. The van der Waals surface area contributed by atoms with E-state index >= 15 is 0 Å². The quantitative estimate of drug-likeness (QED) is 0.402. The first-order valence-electron chi connectivity index (χ1n) is 10.0. The number of carbonyl (C=O) groups is 2. The summed E-state index contributed by atoms with van der Waals surface area (Å²) >= 11 is 13.3. The van der Waals surface area contributed by atoms with Gasteiger partial charge in [0, 0.05) is 32.8 Å². The van der Waals surface area contributed by atoms with E-state index in [1.165, 1.54) is 0 Å². The number of ether oxygens (including phenoxy) is 2. The van der Waals surface area contributed by atoms with Gasteiger partial charge in [0.1, 0.15) is 5.69 Å². The second-order valence-electron chi connectivity index (χ2n) is 7.47. The largest absolute Gasteiger partial charge is 0.512 e. The molecule has 0 bridgehead atoms. The number of rotatable bonds is 6. The van der Waals surface area contributed by atoms with Crippen molar-refractivity contribution >= 4 is 51.7 Å². The Morgan fingerprint density at radius 3 is 2.65 bits per heavy atom. The first-order chi connectivity index (χ1) is 16.2. The molecule has 2 atom stereocenters. The summed E-state index contributed by atoms with van der Waals surface area (Å²) in [5.74, 6) is -0.0279. The van der Waals surface area contributed by atoms with E-state index in [4.69, 9.17) is 42.2 Å². The highest BCUT2D eigenvalue weighted by Crippen LogP contribution is 2.40. The maximum Gasteiger partial charge on any atom is 0.512 e. The fourth-order valence-electron chi connectivity index (χ4n) is 3.57. The lowest BCUT2D eigenvalue weighted by Crippen LogP contribution is -2.55. The SMILES string of the molecule is CO[C@H]1CN(c2nc(-c3nnc(C)o3)c(OC(=O)O)s2)CC[C@H]1NC(=O)c1[nH]c(C)c(Cl)c1Cl. The highest BCUT2D eigenvalue weighted by molar-refractivity contribution is 7.18. The van der Waals surface area contributed by atoms with Crippen LogP contribution in [0.5, 0.6) is 5.06 Å². The van der Waals surface area contributed by atoms with Gasteiger partial charge in [0.05, 0.1) is 22.2 Å². The summed E-state index contributed by atoms with van der Waals surface area (Å²) < 4.78 is 15.9. The molecule has 3 aromatic heterocycles. The van der Waals surface area contributed by atoms with Crippen LogP contribution in [0.25, 0.3) is 11.6 Å². The van der Waals surface area contributed by atoms with Gasteiger partial charge >= 0.3 is 6.16 Å². The minimum Gasteiger partial charge on any atom is -0.449 e. The number of aromatic nitrogens is 4. The predicted octanol–water partition coefficient (Wildman–Crippen LogP) is 3.53. The molecule has 0 aromatic carbocycles. The Hall–Kier alpha value is -2.87. The van der Waals surface area contributed by atoms with Crippen molar-refractivity contribution in [2.24, 2.45) is 0 Å². The lowest BCUT2D eigenvalue weighted by atomic mass is 10.0. The number of nitrogens with one attached hydrogen (secondary N) is 2. The molecule has 1 saturated heterocycles. The third-order valence-electron chi connectivity index (χ3n) is 5.22. The van der Waals surface area contributed by atoms with E-state index in [0.717, 1.165) is 11.3 Å². The summed E-state index contributed by atoms with van der Waals surface area (Å²) in [6.45, 7) is 4.22. The summed E-state index contributed by atoms with van der Waals surface area (Å²) in [6.07, 6.45) is -1.34. The Balaban J connectivity index is 1.51. The molecule has 3 N–H and O–H groups in total. The highest BCUT2D eigenvalue weighted by Gasteiger charge is 2.34. The molecular weight excluding hydrogens is 511 g/mol. The van der Waals surface area contributed by atoms with Crippen LogP contribution in [0.3, 0.4) is 0 Å². The minimum atomic E-state index is -1.48. The van der Waals surface area contributed by atoms with Crippen LogP contribution in [0.1, 0.15) is 28.5 Å². The molecule has 1 amide bonds. The van der Waals surface area contributed by atoms with Crippen LogP contribution in [0.2, 0.25) is 10.0 Å². The van der Waals surface area contributed by atoms with Gasteiger partial charge in [-0.05, 0) is 13.3 Å².